The third kappa shape index (κ3) is 4.58. The number of amides is 1. The summed E-state index contributed by atoms with van der Waals surface area (Å²) in [5.41, 5.74) is 1.29. The lowest BCUT2D eigenvalue weighted by molar-refractivity contribution is 0.0939. The van der Waals surface area contributed by atoms with Crippen molar-refractivity contribution < 1.29 is 9.90 Å². The third-order valence-electron chi connectivity index (χ3n) is 3.27. The summed E-state index contributed by atoms with van der Waals surface area (Å²) in [7, 11) is 0. The van der Waals surface area contributed by atoms with Crippen molar-refractivity contribution in [2.75, 3.05) is 6.54 Å². The van der Waals surface area contributed by atoms with Crippen LogP contribution >= 0.6 is 11.6 Å². The van der Waals surface area contributed by atoms with Gasteiger partial charge in [-0.3, -0.25) is 4.79 Å². The maximum atomic E-state index is 12.1. The number of rotatable bonds is 6. The lowest BCUT2D eigenvalue weighted by Gasteiger charge is -2.13. The Bertz CT molecular complexity index is 640. The smallest absolute Gasteiger partial charge is 0.254 e. The molecule has 0 fully saturated rings. The van der Waals surface area contributed by atoms with Crippen molar-refractivity contribution in [3.8, 4) is 5.69 Å². The molecule has 0 radical (unpaired) electrons. The Morgan fingerprint density at radius 3 is 2.91 bits per heavy atom. The van der Waals surface area contributed by atoms with Gasteiger partial charge in [0.05, 0.1) is 23.6 Å². The van der Waals surface area contributed by atoms with Crippen LogP contribution in [0.15, 0.2) is 36.7 Å². The highest BCUT2D eigenvalue weighted by Gasteiger charge is 2.12. The summed E-state index contributed by atoms with van der Waals surface area (Å²) in [4.78, 5) is 12.1. The second-order valence-electron chi connectivity index (χ2n) is 5.55. The highest BCUT2D eigenvalue weighted by molar-refractivity contribution is 6.30. The maximum absolute atomic E-state index is 12.1. The number of aliphatic hydroxyl groups excluding tert-OH is 1. The molecule has 118 valence electrons. The van der Waals surface area contributed by atoms with E-state index in [1.54, 1.807) is 29.9 Å². The number of nitrogens with one attached hydrogen (secondary N) is 1. The van der Waals surface area contributed by atoms with E-state index in [2.05, 4.69) is 10.4 Å². The van der Waals surface area contributed by atoms with Crippen molar-refractivity contribution in [1.29, 1.82) is 0 Å². The van der Waals surface area contributed by atoms with E-state index in [-0.39, 0.29) is 17.9 Å². The second-order valence-corrected chi connectivity index (χ2v) is 5.99. The van der Waals surface area contributed by atoms with Gasteiger partial charge in [0.25, 0.3) is 5.91 Å². The number of carbonyl (C=O) groups is 1. The molecular weight excluding hydrogens is 302 g/mol. The number of nitrogens with zero attached hydrogens (tertiary/aromatic N) is 2. The van der Waals surface area contributed by atoms with Crippen LogP contribution in [0.25, 0.3) is 5.69 Å². The van der Waals surface area contributed by atoms with Gasteiger partial charge in [0.1, 0.15) is 0 Å². The first-order valence-corrected chi connectivity index (χ1v) is 7.60. The van der Waals surface area contributed by atoms with Gasteiger partial charge in [-0.2, -0.15) is 5.10 Å². The molecule has 2 rings (SSSR count). The molecule has 0 saturated carbocycles. The molecule has 1 aromatic carbocycles. The van der Waals surface area contributed by atoms with Crippen molar-refractivity contribution in [2.45, 2.75) is 26.4 Å². The van der Waals surface area contributed by atoms with Gasteiger partial charge >= 0.3 is 0 Å². The molecule has 0 aliphatic carbocycles. The zero-order valence-corrected chi connectivity index (χ0v) is 13.4. The van der Waals surface area contributed by atoms with Gasteiger partial charge < -0.3 is 10.4 Å². The summed E-state index contributed by atoms with van der Waals surface area (Å²) in [5, 5.41) is 17.0. The van der Waals surface area contributed by atoms with Crippen molar-refractivity contribution in [2.24, 2.45) is 5.92 Å². The normalized spacial score (nSPS) is 13.6. The fourth-order valence-corrected chi connectivity index (χ4v) is 2.42. The fourth-order valence-electron chi connectivity index (χ4n) is 2.23. The third-order valence-corrected chi connectivity index (χ3v) is 3.51. The minimum Gasteiger partial charge on any atom is -0.393 e. The minimum absolute atomic E-state index is 0.175. The summed E-state index contributed by atoms with van der Waals surface area (Å²) >= 11 is 5.95. The average molecular weight is 322 g/mol. The molecule has 0 aliphatic heterocycles. The molecule has 2 atom stereocenters. The molecule has 2 unspecified atom stereocenters. The van der Waals surface area contributed by atoms with Crippen molar-refractivity contribution in [3.05, 3.63) is 47.2 Å². The first kappa shape index (κ1) is 16.5. The Morgan fingerprint density at radius 1 is 1.45 bits per heavy atom. The number of hydrogen-bond acceptors (Lipinski definition) is 3. The molecule has 6 heteroatoms. The van der Waals surface area contributed by atoms with Crippen LogP contribution in [0.3, 0.4) is 0 Å². The van der Waals surface area contributed by atoms with Gasteiger partial charge in [-0.25, -0.2) is 4.68 Å². The highest BCUT2D eigenvalue weighted by atomic mass is 35.5. The average Bonchev–Trinajstić information content (AvgIpc) is 2.94. The van der Waals surface area contributed by atoms with Gasteiger partial charge in [-0.15, -0.1) is 0 Å². The van der Waals surface area contributed by atoms with Crippen molar-refractivity contribution in [1.82, 2.24) is 15.1 Å². The first-order chi connectivity index (χ1) is 10.5. The Morgan fingerprint density at radius 2 is 2.23 bits per heavy atom. The number of aliphatic hydroxyl groups is 1. The van der Waals surface area contributed by atoms with E-state index in [9.17, 15) is 9.90 Å². The number of benzene rings is 1. The van der Waals surface area contributed by atoms with E-state index in [1.165, 1.54) is 6.20 Å². The van der Waals surface area contributed by atoms with Gasteiger partial charge in [-0.1, -0.05) is 24.6 Å². The van der Waals surface area contributed by atoms with E-state index in [0.717, 1.165) is 5.69 Å². The summed E-state index contributed by atoms with van der Waals surface area (Å²) in [6.07, 6.45) is 3.48. The van der Waals surface area contributed by atoms with Gasteiger partial charge in [-0.05, 0) is 37.5 Å². The first-order valence-electron chi connectivity index (χ1n) is 7.22. The van der Waals surface area contributed by atoms with Gasteiger partial charge in [0, 0.05) is 17.8 Å². The van der Waals surface area contributed by atoms with Crippen LogP contribution in [0, 0.1) is 5.92 Å². The van der Waals surface area contributed by atoms with Gasteiger partial charge in [0.15, 0.2) is 0 Å². The molecule has 1 heterocycles. The minimum atomic E-state index is -0.363. The van der Waals surface area contributed by atoms with Crippen LogP contribution in [0.1, 0.15) is 30.6 Å². The number of carbonyl (C=O) groups excluding carboxylic acids is 1. The molecule has 5 nitrogen and oxygen atoms in total. The Labute approximate surface area is 134 Å². The molecule has 2 N–H and O–H groups in total. The molecular formula is C16H20ClN3O2. The van der Waals surface area contributed by atoms with E-state index in [1.807, 2.05) is 19.1 Å². The van der Waals surface area contributed by atoms with E-state index in [4.69, 9.17) is 11.6 Å². The quantitative estimate of drug-likeness (QED) is 0.859. The summed E-state index contributed by atoms with van der Waals surface area (Å²) in [5.74, 6) is 0.0395. The Hall–Kier alpha value is -1.85. The van der Waals surface area contributed by atoms with Crippen LogP contribution in [-0.2, 0) is 0 Å². The van der Waals surface area contributed by atoms with Crippen molar-refractivity contribution in [3.63, 3.8) is 0 Å². The highest BCUT2D eigenvalue weighted by Crippen LogP contribution is 2.14. The molecule has 0 bridgehead atoms. The SMILES string of the molecule is CC(O)CC(C)CNC(=O)c1cnn(-c2cccc(Cl)c2)c1. The summed E-state index contributed by atoms with van der Waals surface area (Å²) in [6, 6.07) is 7.26. The predicted octanol–water partition coefficient (Wildman–Crippen LogP) is 2.66. The molecule has 2 aromatic rings. The van der Waals surface area contributed by atoms with Crippen LogP contribution in [0.5, 0.6) is 0 Å². The number of hydrogen-bond donors (Lipinski definition) is 2. The Balaban J connectivity index is 1.97. The monoisotopic (exact) mass is 321 g/mol. The zero-order chi connectivity index (χ0) is 16.1. The molecule has 22 heavy (non-hydrogen) atoms. The van der Waals surface area contributed by atoms with Gasteiger partial charge in [0.2, 0.25) is 0 Å². The summed E-state index contributed by atoms with van der Waals surface area (Å²) < 4.78 is 1.61. The summed E-state index contributed by atoms with van der Waals surface area (Å²) in [6.45, 7) is 4.25. The lowest BCUT2D eigenvalue weighted by Crippen LogP contribution is -2.29. The number of halogens is 1. The van der Waals surface area contributed by atoms with E-state index in [0.29, 0.717) is 23.6 Å². The van der Waals surface area contributed by atoms with Crippen LogP contribution in [0.4, 0.5) is 0 Å². The zero-order valence-electron chi connectivity index (χ0n) is 12.7. The lowest BCUT2D eigenvalue weighted by atomic mass is 10.0. The molecule has 0 spiro atoms. The Kier molecular flexibility index (Phi) is 5.57. The van der Waals surface area contributed by atoms with Crippen LogP contribution in [0.2, 0.25) is 5.02 Å². The molecule has 0 saturated heterocycles. The maximum Gasteiger partial charge on any atom is 0.254 e. The van der Waals surface area contributed by atoms with E-state index >= 15 is 0 Å². The fraction of sp³-hybridized carbons (Fsp3) is 0.375. The standard InChI is InChI=1S/C16H20ClN3O2/c1-11(6-12(2)21)8-18-16(22)13-9-19-20(10-13)15-5-3-4-14(17)7-15/h3-5,7,9-12,21H,6,8H2,1-2H3,(H,18,22). The second kappa shape index (κ2) is 7.42. The van der Waals surface area contributed by atoms with Crippen LogP contribution < -0.4 is 5.32 Å². The number of aromatic nitrogens is 2. The van der Waals surface area contributed by atoms with E-state index < -0.39 is 0 Å². The predicted molar refractivity (Wildman–Crippen MR) is 86.4 cm³/mol. The molecule has 0 aliphatic rings. The topological polar surface area (TPSA) is 67.2 Å². The largest absolute Gasteiger partial charge is 0.393 e. The molecule has 1 aromatic heterocycles. The van der Waals surface area contributed by atoms with Crippen LogP contribution in [-0.4, -0.2) is 33.4 Å². The van der Waals surface area contributed by atoms with Crippen molar-refractivity contribution >= 4 is 17.5 Å². The molecule has 1 amide bonds.